The van der Waals surface area contributed by atoms with Gasteiger partial charge in [0.05, 0.1) is 25.0 Å². The summed E-state index contributed by atoms with van der Waals surface area (Å²) in [6.07, 6.45) is 1.66. The summed E-state index contributed by atoms with van der Waals surface area (Å²) in [4.78, 5) is 10.9. The van der Waals surface area contributed by atoms with Crippen molar-refractivity contribution in [2.24, 2.45) is 0 Å². The molecular formula is C19H24N4O2. The first-order chi connectivity index (χ1) is 12.0. The number of anilines is 2. The van der Waals surface area contributed by atoms with Crippen molar-refractivity contribution in [3.63, 3.8) is 0 Å². The molecule has 1 fully saturated rings. The van der Waals surface area contributed by atoms with Gasteiger partial charge in [0, 0.05) is 36.0 Å². The second kappa shape index (κ2) is 7.53. The summed E-state index contributed by atoms with van der Waals surface area (Å²) in [5.74, 6) is 1.64. The van der Waals surface area contributed by atoms with Crippen LogP contribution in [-0.2, 0) is 4.74 Å². The third-order valence-electron chi connectivity index (χ3n) is 4.02. The summed E-state index contributed by atoms with van der Waals surface area (Å²) < 4.78 is 11.2. The predicted molar refractivity (Wildman–Crippen MR) is 99.8 cm³/mol. The normalized spacial score (nSPS) is 14.6. The second-order valence-corrected chi connectivity index (χ2v) is 6.26. The van der Waals surface area contributed by atoms with Gasteiger partial charge in [-0.25, -0.2) is 9.97 Å². The highest BCUT2D eigenvalue weighted by Crippen LogP contribution is 2.30. The number of nitrogen functional groups attached to an aromatic ring is 1. The molecule has 6 heteroatoms. The van der Waals surface area contributed by atoms with Gasteiger partial charge < -0.3 is 20.1 Å². The van der Waals surface area contributed by atoms with E-state index in [0.29, 0.717) is 18.9 Å². The molecule has 25 heavy (non-hydrogen) atoms. The molecule has 0 bridgehead atoms. The standard InChI is InChI=1S/C19H24N4O2/c1-13(2)25-15-4-5-17(20)16(10-15)14(3)18-11-19(22-12-21-18)23-6-8-24-9-7-23/h4-5,10-13H,3,6-9,20H2,1-2H3. The van der Waals surface area contributed by atoms with E-state index in [1.165, 1.54) is 0 Å². The maximum absolute atomic E-state index is 6.15. The van der Waals surface area contributed by atoms with Gasteiger partial charge >= 0.3 is 0 Å². The molecule has 1 aliphatic rings. The van der Waals surface area contributed by atoms with Gasteiger partial charge in [-0.2, -0.15) is 0 Å². The average Bonchev–Trinajstić information content (AvgIpc) is 2.63. The molecular weight excluding hydrogens is 316 g/mol. The zero-order valence-corrected chi connectivity index (χ0v) is 14.7. The third kappa shape index (κ3) is 4.09. The maximum atomic E-state index is 6.15. The number of aromatic nitrogens is 2. The molecule has 132 valence electrons. The topological polar surface area (TPSA) is 73.5 Å². The van der Waals surface area contributed by atoms with Crippen LogP contribution in [0.5, 0.6) is 5.75 Å². The molecule has 0 saturated carbocycles. The van der Waals surface area contributed by atoms with Crippen molar-refractivity contribution in [3.05, 3.63) is 48.4 Å². The van der Waals surface area contributed by atoms with E-state index in [1.54, 1.807) is 6.33 Å². The van der Waals surface area contributed by atoms with Crippen LogP contribution in [0.3, 0.4) is 0 Å². The number of hydrogen-bond donors (Lipinski definition) is 1. The van der Waals surface area contributed by atoms with Gasteiger partial charge in [0.1, 0.15) is 17.9 Å². The molecule has 0 spiro atoms. The van der Waals surface area contributed by atoms with Crippen LogP contribution in [0.25, 0.3) is 5.57 Å². The zero-order chi connectivity index (χ0) is 17.8. The molecule has 0 radical (unpaired) electrons. The SMILES string of the molecule is C=C(c1cc(N2CCOCC2)ncn1)c1cc(OC(C)C)ccc1N. The largest absolute Gasteiger partial charge is 0.491 e. The first-order valence-electron chi connectivity index (χ1n) is 8.45. The summed E-state index contributed by atoms with van der Waals surface area (Å²) in [6.45, 7) is 11.2. The van der Waals surface area contributed by atoms with Gasteiger partial charge in [0.2, 0.25) is 0 Å². The van der Waals surface area contributed by atoms with Gasteiger partial charge in [-0.3, -0.25) is 0 Å². The molecule has 2 aromatic rings. The van der Waals surface area contributed by atoms with Gasteiger partial charge in [0.25, 0.3) is 0 Å². The number of nitrogens with zero attached hydrogens (tertiary/aromatic N) is 3. The van der Waals surface area contributed by atoms with Crippen molar-refractivity contribution in [1.82, 2.24) is 9.97 Å². The van der Waals surface area contributed by atoms with E-state index in [4.69, 9.17) is 15.2 Å². The highest BCUT2D eigenvalue weighted by molar-refractivity contribution is 5.84. The van der Waals surface area contributed by atoms with Gasteiger partial charge in [-0.05, 0) is 32.0 Å². The molecule has 1 saturated heterocycles. The van der Waals surface area contributed by atoms with Crippen molar-refractivity contribution in [1.29, 1.82) is 0 Å². The zero-order valence-electron chi connectivity index (χ0n) is 14.7. The predicted octanol–water partition coefficient (Wildman–Crippen LogP) is 2.74. The molecule has 1 aliphatic heterocycles. The van der Waals surface area contributed by atoms with Crippen LogP contribution in [0, 0.1) is 0 Å². The summed E-state index contributed by atoms with van der Waals surface area (Å²) >= 11 is 0. The summed E-state index contributed by atoms with van der Waals surface area (Å²) in [5.41, 5.74) is 9.13. The molecule has 0 unspecified atom stereocenters. The molecule has 0 atom stereocenters. The van der Waals surface area contributed by atoms with Crippen molar-refractivity contribution >= 4 is 17.1 Å². The van der Waals surface area contributed by atoms with Crippen LogP contribution in [0.15, 0.2) is 37.2 Å². The van der Waals surface area contributed by atoms with Crippen LogP contribution >= 0.6 is 0 Å². The molecule has 0 amide bonds. The Labute approximate surface area is 148 Å². The van der Waals surface area contributed by atoms with E-state index >= 15 is 0 Å². The smallest absolute Gasteiger partial charge is 0.132 e. The number of rotatable bonds is 5. The van der Waals surface area contributed by atoms with Crippen LogP contribution in [0.4, 0.5) is 11.5 Å². The number of nitrogens with two attached hydrogens (primary N) is 1. The monoisotopic (exact) mass is 340 g/mol. The van der Waals surface area contributed by atoms with E-state index in [9.17, 15) is 0 Å². The Morgan fingerprint density at radius 2 is 2.00 bits per heavy atom. The van der Waals surface area contributed by atoms with Crippen molar-refractivity contribution in [3.8, 4) is 5.75 Å². The average molecular weight is 340 g/mol. The van der Waals surface area contributed by atoms with E-state index in [2.05, 4.69) is 21.4 Å². The summed E-state index contributed by atoms with van der Waals surface area (Å²) in [7, 11) is 0. The molecule has 1 aromatic heterocycles. The van der Waals surface area contributed by atoms with Gasteiger partial charge in [-0.15, -0.1) is 0 Å². The van der Waals surface area contributed by atoms with E-state index in [1.807, 2.05) is 38.1 Å². The highest BCUT2D eigenvalue weighted by Gasteiger charge is 2.15. The first-order valence-corrected chi connectivity index (χ1v) is 8.45. The van der Waals surface area contributed by atoms with E-state index in [-0.39, 0.29) is 6.10 Å². The van der Waals surface area contributed by atoms with Crippen molar-refractivity contribution in [2.45, 2.75) is 20.0 Å². The molecule has 3 rings (SSSR count). The van der Waals surface area contributed by atoms with Crippen LogP contribution in [0.1, 0.15) is 25.1 Å². The van der Waals surface area contributed by atoms with Crippen LogP contribution in [0.2, 0.25) is 0 Å². The minimum Gasteiger partial charge on any atom is -0.491 e. The fraction of sp³-hybridized carbons (Fsp3) is 0.368. The minimum atomic E-state index is 0.0942. The Hall–Kier alpha value is -2.60. The van der Waals surface area contributed by atoms with E-state index < -0.39 is 0 Å². The van der Waals surface area contributed by atoms with Gasteiger partial charge in [0.15, 0.2) is 0 Å². The lowest BCUT2D eigenvalue weighted by atomic mass is 10.0. The Bertz CT molecular complexity index is 755. The summed E-state index contributed by atoms with van der Waals surface area (Å²) in [6, 6.07) is 7.56. The fourth-order valence-corrected chi connectivity index (χ4v) is 2.76. The Balaban J connectivity index is 1.87. The Morgan fingerprint density at radius 3 is 2.72 bits per heavy atom. The first kappa shape index (κ1) is 17.2. The fourth-order valence-electron chi connectivity index (χ4n) is 2.76. The van der Waals surface area contributed by atoms with Crippen LogP contribution < -0.4 is 15.4 Å². The van der Waals surface area contributed by atoms with Crippen molar-refractivity contribution in [2.75, 3.05) is 36.9 Å². The minimum absolute atomic E-state index is 0.0942. The Morgan fingerprint density at radius 1 is 1.24 bits per heavy atom. The quantitative estimate of drug-likeness (QED) is 0.844. The number of ether oxygens (including phenoxy) is 2. The number of hydrogen-bond acceptors (Lipinski definition) is 6. The van der Waals surface area contributed by atoms with Crippen molar-refractivity contribution < 1.29 is 9.47 Å². The molecule has 2 N–H and O–H groups in total. The maximum Gasteiger partial charge on any atom is 0.132 e. The third-order valence-corrected chi connectivity index (χ3v) is 4.02. The second-order valence-electron chi connectivity index (χ2n) is 6.26. The lowest BCUT2D eigenvalue weighted by Gasteiger charge is -2.27. The molecule has 1 aromatic carbocycles. The molecule has 0 aliphatic carbocycles. The molecule has 6 nitrogen and oxygen atoms in total. The van der Waals surface area contributed by atoms with Gasteiger partial charge in [-0.1, -0.05) is 6.58 Å². The van der Waals surface area contributed by atoms with Crippen LogP contribution in [-0.4, -0.2) is 42.4 Å². The lowest BCUT2D eigenvalue weighted by Crippen LogP contribution is -2.36. The number of benzene rings is 1. The molecule has 2 heterocycles. The van der Waals surface area contributed by atoms with E-state index in [0.717, 1.165) is 41.5 Å². The lowest BCUT2D eigenvalue weighted by molar-refractivity contribution is 0.122. The highest BCUT2D eigenvalue weighted by atomic mass is 16.5. The summed E-state index contributed by atoms with van der Waals surface area (Å²) in [5, 5.41) is 0. The number of morpholine rings is 1. The Kier molecular flexibility index (Phi) is 5.19.